The van der Waals surface area contributed by atoms with Crippen LogP contribution in [0.1, 0.15) is 81.8 Å². The molecule has 1 aliphatic rings. The molecule has 0 saturated heterocycles. The van der Waals surface area contributed by atoms with Gasteiger partial charge in [0.15, 0.2) is 0 Å². The van der Waals surface area contributed by atoms with Crippen LogP contribution in [0.4, 0.5) is 0 Å². The third kappa shape index (κ3) is 6.40. The molecule has 1 aliphatic carbocycles. The zero-order chi connectivity index (χ0) is 17.0. The summed E-state index contributed by atoms with van der Waals surface area (Å²) in [6.45, 7) is 3.07. The van der Waals surface area contributed by atoms with Crippen molar-refractivity contribution in [1.29, 1.82) is 5.26 Å². The summed E-state index contributed by atoms with van der Waals surface area (Å²) < 4.78 is 5.58. The van der Waals surface area contributed by atoms with E-state index in [2.05, 4.69) is 31.2 Å². The second-order valence-electron chi connectivity index (χ2n) is 6.98. The van der Waals surface area contributed by atoms with E-state index in [1.54, 1.807) is 0 Å². The highest BCUT2D eigenvalue weighted by Crippen LogP contribution is 2.37. The van der Waals surface area contributed by atoms with Gasteiger partial charge in [-0.2, -0.15) is 5.26 Å². The van der Waals surface area contributed by atoms with E-state index in [9.17, 15) is 0 Å². The quantitative estimate of drug-likeness (QED) is 0.392. The van der Waals surface area contributed by atoms with E-state index in [1.165, 1.54) is 56.9 Å². The minimum Gasteiger partial charge on any atom is -0.502 e. The van der Waals surface area contributed by atoms with Crippen molar-refractivity contribution in [2.45, 2.75) is 70.6 Å². The van der Waals surface area contributed by atoms with Gasteiger partial charge in [-0.3, -0.25) is 0 Å². The third-order valence-corrected chi connectivity index (χ3v) is 5.15. The van der Waals surface area contributed by atoms with Crippen molar-refractivity contribution in [1.82, 2.24) is 0 Å². The summed E-state index contributed by atoms with van der Waals surface area (Å²) in [6.07, 6.45) is 15.4. The SMILES string of the molecule is CCCC/C=C/OCCCC1CCC(c2ccc(C#N)cc2)CC1. The number of ether oxygens (including phenoxy) is 1. The molecule has 0 N–H and O–H groups in total. The van der Waals surface area contributed by atoms with Crippen LogP contribution in [0.15, 0.2) is 36.6 Å². The summed E-state index contributed by atoms with van der Waals surface area (Å²) >= 11 is 0. The first-order valence-electron chi connectivity index (χ1n) is 9.60. The Kier molecular flexibility index (Phi) is 8.46. The van der Waals surface area contributed by atoms with Crippen molar-refractivity contribution in [3.63, 3.8) is 0 Å². The van der Waals surface area contributed by atoms with Crippen LogP contribution in [0, 0.1) is 17.2 Å². The average molecular weight is 325 g/mol. The fourth-order valence-electron chi connectivity index (χ4n) is 3.60. The van der Waals surface area contributed by atoms with E-state index in [4.69, 9.17) is 10.00 Å². The van der Waals surface area contributed by atoms with Gasteiger partial charge in [-0.15, -0.1) is 0 Å². The van der Waals surface area contributed by atoms with Crippen molar-refractivity contribution < 1.29 is 4.74 Å². The van der Waals surface area contributed by atoms with E-state index in [-0.39, 0.29) is 0 Å². The molecule has 0 heterocycles. The molecule has 0 spiro atoms. The molecule has 2 rings (SSSR count). The van der Waals surface area contributed by atoms with E-state index in [0.717, 1.165) is 24.5 Å². The molecule has 0 aromatic heterocycles. The maximum absolute atomic E-state index is 8.88. The molecule has 0 radical (unpaired) electrons. The molecule has 1 fully saturated rings. The van der Waals surface area contributed by atoms with Crippen molar-refractivity contribution >= 4 is 0 Å². The highest BCUT2D eigenvalue weighted by atomic mass is 16.5. The monoisotopic (exact) mass is 325 g/mol. The molecule has 2 heteroatoms. The van der Waals surface area contributed by atoms with Crippen molar-refractivity contribution in [3.05, 3.63) is 47.7 Å². The van der Waals surface area contributed by atoms with Crippen LogP contribution in [-0.2, 0) is 4.74 Å². The molecule has 130 valence electrons. The van der Waals surface area contributed by atoms with Gasteiger partial charge in [0.1, 0.15) is 0 Å². The first-order chi connectivity index (χ1) is 11.8. The lowest BCUT2D eigenvalue weighted by Gasteiger charge is -2.28. The van der Waals surface area contributed by atoms with Crippen LogP contribution in [0.3, 0.4) is 0 Å². The normalized spacial score (nSPS) is 20.8. The van der Waals surface area contributed by atoms with Crippen LogP contribution in [-0.4, -0.2) is 6.61 Å². The van der Waals surface area contributed by atoms with E-state index >= 15 is 0 Å². The second kappa shape index (κ2) is 10.9. The predicted molar refractivity (Wildman–Crippen MR) is 99.7 cm³/mol. The lowest BCUT2D eigenvalue weighted by molar-refractivity contribution is 0.219. The van der Waals surface area contributed by atoms with E-state index < -0.39 is 0 Å². The summed E-state index contributed by atoms with van der Waals surface area (Å²) in [5.41, 5.74) is 2.17. The zero-order valence-electron chi connectivity index (χ0n) is 15.0. The summed E-state index contributed by atoms with van der Waals surface area (Å²) in [7, 11) is 0. The molecular formula is C22H31NO. The Morgan fingerprint density at radius 3 is 2.54 bits per heavy atom. The third-order valence-electron chi connectivity index (χ3n) is 5.15. The van der Waals surface area contributed by atoms with Gasteiger partial charge in [-0.05, 0) is 87.0 Å². The lowest BCUT2D eigenvalue weighted by Crippen LogP contribution is -2.13. The summed E-state index contributed by atoms with van der Waals surface area (Å²) in [5, 5.41) is 8.88. The molecule has 1 aromatic rings. The predicted octanol–water partition coefficient (Wildman–Crippen LogP) is 6.33. The van der Waals surface area contributed by atoms with Gasteiger partial charge in [0.2, 0.25) is 0 Å². The minimum atomic E-state index is 0.687. The number of unbranched alkanes of at least 4 members (excludes halogenated alkanes) is 2. The van der Waals surface area contributed by atoms with Crippen LogP contribution in [0.5, 0.6) is 0 Å². The standard InChI is InChI=1S/C22H31NO/c1-2-3-4-5-16-24-17-6-7-19-8-12-21(13-9-19)22-14-10-20(18-23)11-15-22/h5,10-11,14-16,19,21H,2-4,6-9,12-13,17H2,1H3/b16-5+. The molecule has 2 nitrogen and oxygen atoms in total. The zero-order valence-corrected chi connectivity index (χ0v) is 15.0. The second-order valence-corrected chi connectivity index (χ2v) is 6.98. The number of nitriles is 1. The van der Waals surface area contributed by atoms with Gasteiger partial charge >= 0.3 is 0 Å². The average Bonchev–Trinajstić information content (AvgIpc) is 2.64. The van der Waals surface area contributed by atoms with E-state index in [1.807, 2.05) is 18.4 Å². The molecule has 0 atom stereocenters. The number of rotatable bonds is 9. The number of hydrogen-bond acceptors (Lipinski definition) is 2. The summed E-state index contributed by atoms with van der Waals surface area (Å²) in [5.74, 6) is 1.55. The molecule has 24 heavy (non-hydrogen) atoms. The Bertz CT molecular complexity index is 518. The summed E-state index contributed by atoms with van der Waals surface area (Å²) in [6, 6.07) is 10.4. The Labute approximate surface area is 147 Å². The van der Waals surface area contributed by atoms with Gasteiger partial charge < -0.3 is 4.74 Å². The Morgan fingerprint density at radius 2 is 1.88 bits per heavy atom. The molecular weight excluding hydrogens is 294 g/mol. The van der Waals surface area contributed by atoms with Crippen LogP contribution < -0.4 is 0 Å². The minimum absolute atomic E-state index is 0.687. The van der Waals surface area contributed by atoms with Gasteiger partial charge in [0, 0.05) is 0 Å². The number of nitrogens with zero attached hydrogens (tertiary/aromatic N) is 1. The van der Waals surface area contributed by atoms with E-state index in [0.29, 0.717) is 5.92 Å². The van der Waals surface area contributed by atoms with Crippen molar-refractivity contribution in [2.24, 2.45) is 5.92 Å². The maximum Gasteiger partial charge on any atom is 0.0991 e. The van der Waals surface area contributed by atoms with Gasteiger partial charge in [0.05, 0.1) is 24.5 Å². The largest absolute Gasteiger partial charge is 0.502 e. The first-order valence-corrected chi connectivity index (χ1v) is 9.60. The Morgan fingerprint density at radius 1 is 1.12 bits per heavy atom. The molecule has 0 bridgehead atoms. The first kappa shape index (κ1) is 18.6. The van der Waals surface area contributed by atoms with Crippen LogP contribution >= 0.6 is 0 Å². The topological polar surface area (TPSA) is 33.0 Å². The summed E-state index contributed by atoms with van der Waals surface area (Å²) in [4.78, 5) is 0. The Hall–Kier alpha value is -1.75. The fourth-order valence-corrected chi connectivity index (χ4v) is 3.60. The van der Waals surface area contributed by atoms with Gasteiger partial charge in [0.25, 0.3) is 0 Å². The molecule has 0 aliphatic heterocycles. The fraction of sp³-hybridized carbons (Fsp3) is 0.591. The van der Waals surface area contributed by atoms with Gasteiger partial charge in [-0.25, -0.2) is 0 Å². The number of allylic oxidation sites excluding steroid dienone is 1. The maximum atomic E-state index is 8.88. The Balaban J connectivity index is 1.59. The highest BCUT2D eigenvalue weighted by molar-refractivity contribution is 5.33. The number of benzene rings is 1. The van der Waals surface area contributed by atoms with Crippen LogP contribution in [0.2, 0.25) is 0 Å². The molecule has 0 amide bonds. The number of hydrogen-bond donors (Lipinski definition) is 0. The highest BCUT2D eigenvalue weighted by Gasteiger charge is 2.21. The smallest absolute Gasteiger partial charge is 0.0991 e. The van der Waals surface area contributed by atoms with Gasteiger partial charge in [-0.1, -0.05) is 25.5 Å². The molecule has 1 saturated carbocycles. The van der Waals surface area contributed by atoms with Crippen molar-refractivity contribution in [2.75, 3.05) is 6.61 Å². The van der Waals surface area contributed by atoms with Crippen LogP contribution in [0.25, 0.3) is 0 Å². The van der Waals surface area contributed by atoms with Crippen molar-refractivity contribution in [3.8, 4) is 6.07 Å². The lowest BCUT2D eigenvalue weighted by atomic mass is 9.77. The molecule has 1 aromatic carbocycles. The molecule has 0 unspecified atom stereocenters.